The van der Waals surface area contributed by atoms with Crippen molar-refractivity contribution in [3.63, 3.8) is 0 Å². The van der Waals surface area contributed by atoms with Crippen LogP contribution >= 0.6 is 0 Å². The third kappa shape index (κ3) is 8.06. The van der Waals surface area contributed by atoms with Crippen molar-refractivity contribution >= 4 is 0 Å². The Balaban J connectivity index is 0.000000202. The molecule has 0 aromatic heterocycles. The minimum absolute atomic E-state index is 1.32. The highest BCUT2D eigenvalue weighted by Gasteiger charge is 2.03. The highest BCUT2D eigenvalue weighted by molar-refractivity contribution is 4.59. The lowest BCUT2D eigenvalue weighted by Crippen LogP contribution is -2.10. The number of unbranched alkanes of at least 4 members (excludes halogenated alkanes) is 3. The van der Waals surface area contributed by atoms with Gasteiger partial charge in [0.1, 0.15) is 0 Å². The molecule has 0 spiro atoms. The predicted molar refractivity (Wildman–Crippen MR) is 56.5 cm³/mol. The molecule has 12 heavy (non-hydrogen) atoms. The topological polar surface area (TPSA) is 3.24 Å². The van der Waals surface area contributed by atoms with Crippen molar-refractivity contribution in [3.8, 4) is 0 Å². The molecule has 1 saturated heterocycles. The number of hydrogen-bond acceptors (Lipinski definition) is 1. The van der Waals surface area contributed by atoms with Crippen LogP contribution in [0.5, 0.6) is 0 Å². The number of rotatable bonds is 3. The van der Waals surface area contributed by atoms with Gasteiger partial charge in [-0.3, -0.25) is 0 Å². The van der Waals surface area contributed by atoms with Crippen molar-refractivity contribution in [2.24, 2.45) is 0 Å². The zero-order valence-corrected chi connectivity index (χ0v) is 9.10. The van der Waals surface area contributed by atoms with Crippen LogP contribution in [0.1, 0.15) is 52.4 Å². The van der Waals surface area contributed by atoms with Crippen LogP contribution in [0.4, 0.5) is 0 Å². The second-order valence-electron chi connectivity index (χ2n) is 3.72. The van der Waals surface area contributed by atoms with E-state index in [0.717, 1.165) is 0 Å². The summed E-state index contributed by atoms with van der Waals surface area (Å²) in [5, 5.41) is 0. The molecule has 1 aliphatic heterocycles. The van der Waals surface area contributed by atoms with Crippen LogP contribution in [0, 0.1) is 0 Å². The first-order valence-corrected chi connectivity index (χ1v) is 5.49. The fourth-order valence-corrected chi connectivity index (χ4v) is 1.38. The lowest BCUT2D eigenvalue weighted by Gasteiger charge is -2.01. The number of likely N-dealkylation sites (tertiary alicyclic amines) is 1. The Labute approximate surface area is 78.1 Å². The minimum Gasteiger partial charge on any atom is -0.306 e. The van der Waals surface area contributed by atoms with E-state index in [-0.39, 0.29) is 0 Å². The van der Waals surface area contributed by atoms with E-state index >= 15 is 0 Å². The van der Waals surface area contributed by atoms with Gasteiger partial charge in [-0.15, -0.1) is 0 Å². The molecule has 0 saturated carbocycles. The minimum atomic E-state index is 1.32. The highest BCUT2D eigenvalue weighted by Crippen LogP contribution is 2.02. The fourth-order valence-electron chi connectivity index (χ4n) is 1.38. The van der Waals surface area contributed by atoms with Gasteiger partial charge in [0.2, 0.25) is 0 Å². The van der Waals surface area contributed by atoms with E-state index in [9.17, 15) is 0 Å². The molecule has 0 radical (unpaired) electrons. The Hall–Kier alpha value is -0.0400. The molecule has 1 aliphatic rings. The Bertz CT molecular complexity index is 71.1. The normalized spacial score (nSPS) is 17.2. The Morgan fingerprint density at radius 2 is 1.33 bits per heavy atom. The molecule has 0 atom stereocenters. The summed E-state index contributed by atoms with van der Waals surface area (Å²) in [6.07, 6.45) is 8.36. The van der Waals surface area contributed by atoms with Crippen LogP contribution in [-0.2, 0) is 0 Å². The van der Waals surface area contributed by atoms with E-state index < -0.39 is 0 Å². The van der Waals surface area contributed by atoms with Crippen molar-refractivity contribution in [3.05, 3.63) is 0 Å². The van der Waals surface area contributed by atoms with E-state index in [1.54, 1.807) is 0 Å². The third-order valence-electron chi connectivity index (χ3n) is 2.29. The zero-order valence-electron chi connectivity index (χ0n) is 9.10. The van der Waals surface area contributed by atoms with Gasteiger partial charge in [-0.2, -0.15) is 0 Å². The van der Waals surface area contributed by atoms with Gasteiger partial charge in [-0.05, 0) is 33.0 Å². The average molecular weight is 171 g/mol. The van der Waals surface area contributed by atoms with E-state index in [1.165, 1.54) is 51.6 Å². The maximum Gasteiger partial charge on any atom is -0.00213 e. The summed E-state index contributed by atoms with van der Waals surface area (Å²) in [6, 6.07) is 0. The van der Waals surface area contributed by atoms with Crippen molar-refractivity contribution < 1.29 is 0 Å². The van der Waals surface area contributed by atoms with Gasteiger partial charge in [0.05, 0.1) is 0 Å². The first-order valence-electron chi connectivity index (χ1n) is 5.49. The highest BCUT2D eigenvalue weighted by atomic mass is 15.1. The van der Waals surface area contributed by atoms with Crippen LogP contribution in [-0.4, -0.2) is 25.0 Å². The Kier molecular flexibility index (Phi) is 9.02. The third-order valence-corrected chi connectivity index (χ3v) is 2.29. The molecular weight excluding hydrogens is 146 g/mol. The summed E-state index contributed by atoms with van der Waals surface area (Å²) < 4.78 is 0. The van der Waals surface area contributed by atoms with Crippen LogP contribution in [0.15, 0.2) is 0 Å². The first-order chi connectivity index (χ1) is 5.81. The maximum absolute atomic E-state index is 2.36. The van der Waals surface area contributed by atoms with E-state index in [0.29, 0.717) is 0 Å². The maximum atomic E-state index is 2.36. The molecule has 1 fully saturated rings. The average Bonchev–Trinajstić information content (AvgIpc) is 2.53. The summed E-state index contributed by atoms with van der Waals surface area (Å²) in [5.41, 5.74) is 0. The number of nitrogens with zero attached hydrogens (tertiary/aromatic N) is 1. The molecule has 0 aromatic rings. The molecule has 0 aliphatic carbocycles. The molecule has 1 nitrogen and oxygen atoms in total. The second kappa shape index (κ2) is 9.05. The molecule has 1 heteroatoms. The van der Waals surface area contributed by atoms with Crippen molar-refractivity contribution in [2.45, 2.75) is 52.4 Å². The summed E-state index contributed by atoms with van der Waals surface area (Å²) >= 11 is 0. The molecule has 74 valence electrons. The Morgan fingerprint density at radius 1 is 0.917 bits per heavy atom. The lowest BCUT2D eigenvalue weighted by molar-refractivity contribution is 0.418. The summed E-state index contributed by atoms with van der Waals surface area (Å²) in [7, 11) is 2.17. The smallest absolute Gasteiger partial charge is 0.00213 e. The predicted octanol–water partition coefficient (Wildman–Crippen LogP) is 3.30. The van der Waals surface area contributed by atoms with Gasteiger partial charge < -0.3 is 4.90 Å². The van der Waals surface area contributed by atoms with Gasteiger partial charge in [-0.25, -0.2) is 0 Å². The Morgan fingerprint density at radius 3 is 1.50 bits per heavy atom. The molecule has 0 bridgehead atoms. The van der Waals surface area contributed by atoms with Crippen LogP contribution in [0.2, 0.25) is 0 Å². The van der Waals surface area contributed by atoms with Crippen LogP contribution in [0.3, 0.4) is 0 Å². The molecule has 0 N–H and O–H groups in total. The fraction of sp³-hybridized carbons (Fsp3) is 1.00. The summed E-state index contributed by atoms with van der Waals surface area (Å²) in [4.78, 5) is 2.36. The van der Waals surface area contributed by atoms with E-state index in [4.69, 9.17) is 0 Å². The largest absolute Gasteiger partial charge is 0.306 e. The van der Waals surface area contributed by atoms with E-state index in [2.05, 4.69) is 25.8 Å². The van der Waals surface area contributed by atoms with Gasteiger partial charge in [0.15, 0.2) is 0 Å². The second-order valence-corrected chi connectivity index (χ2v) is 3.72. The van der Waals surface area contributed by atoms with Crippen molar-refractivity contribution in [2.75, 3.05) is 20.1 Å². The molecule has 1 heterocycles. The summed E-state index contributed by atoms with van der Waals surface area (Å²) in [5.74, 6) is 0. The SMILES string of the molecule is CCCCCC.CN1CCCC1. The first kappa shape index (κ1) is 12.0. The summed E-state index contributed by atoms with van der Waals surface area (Å²) in [6.45, 7) is 7.10. The van der Waals surface area contributed by atoms with E-state index in [1.807, 2.05) is 0 Å². The molecule has 0 amide bonds. The quantitative estimate of drug-likeness (QED) is 0.589. The van der Waals surface area contributed by atoms with Gasteiger partial charge in [0, 0.05) is 0 Å². The molecule has 0 aromatic carbocycles. The zero-order chi connectivity index (χ0) is 9.23. The molecule has 0 unspecified atom stereocenters. The molecular formula is C11H25N. The van der Waals surface area contributed by atoms with Gasteiger partial charge in [-0.1, -0.05) is 39.5 Å². The monoisotopic (exact) mass is 171 g/mol. The van der Waals surface area contributed by atoms with Crippen LogP contribution < -0.4 is 0 Å². The van der Waals surface area contributed by atoms with Crippen LogP contribution in [0.25, 0.3) is 0 Å². The molecule has 1 rings (SSSR count). The lowest BCUT2D eigenvalue weighted by atomic mass is 10.2. The standard InChI is InChI=1S/C6H14.C5H11N/c1-3-5-6-4-2;1-6-4-2-3-5-6/h3-6H2,1-2H3;2-5H2,1H3. The van der Waals surface area contributed by atoms with Crippen molar-refractivity contribution in [1.29, 1.82) is 0 Å². The van der Waals surface area contributed by atoms with Gasteiger partial charge in [0.25, 0.3) is 0 Å². The van der Waals surface area contributed by atoms with Gasteiger partial charge >= 0.3 is 0 Å². The van der Waals surface area contributed by atoms with Crippen molar-refractivity contribution in [1.82, 2.24) is 4.90 Å². The number of hydrogen-bond donors (Lipinski definition) is 0.